The van der Waals surface area contributed by atoms with Crippen LogP contribution in [0.15, 0.2) is 0 Å². The topological polar surface area (TPSA) is 114 Å². The molecule has 4 nitrogen and oxygen atoms in total. The average molecular weight is 175 g/mol. The van der Waals surface area contributed by atoms with Crippen molar-refractivity contribution in [1.82, 2.24) is 0 Å². The van der Waals surface area contributed by atoms with E-state index in [1.165, 1.54) is 0 Å². The Labute approximate surface area is 79.2 Å². The van der Waals surface area contributed by atoms with Gasteiger partial charge < -0.3 is 21.9 Å². The summed E-state index contributed by atoms with van der Waals surface area (Å²) in [7, 11) is 0. The second-order valence-electron chi connectivity index (χ2n) is 0. The van der Waals surface area contributed by atoms with Gasteiger partial charge in [-0.15, -0.1) is 0 Å². The van der Waals surface area contributed by atoms with Crippen molar-refractivity contribution in [2.24, 2.45) is 0 Å². The van der Waals surface area contributed by atoms with Crippen LogP contribution < -0.4 is 18.9 Å². The second-order valence-corrected chi connectivity index (χ2v) is 0. The largest absolute Gasteiger partial charge is 4.00 e. The molecule has 0 fully saturated rings. The molecule has 7 heteroatoms. The fourth-order valence-electron chi connectivity index (χ4n) is 0. The summed E-state index contributed by atoms with van der Waals surface area (Å²) in [4.78, 5) is 0. The third-order valence-electron chi connectivity index (χ3n) is 0. The molecule has 0 rings (SSSR count). The molecule has 0 aliphatic rings. The molecule has 0 atom stereocenters. The van der Waals surface area contributed by atoms with Crippen LogP contribution in [-0.4, -0.2) is 0 Å². The third kappa shape index (κ3) is 88.3. The van der Waals surface area contributed by atoms with E-state index >= 15 is 0 Å². The Morgan fingerprint density at radius 3 is 0.571 bits per heavy atom. The van der Waals surface area contributed by atoms with Crippen LogP contribution in [-0.2, 0) is 60.7 Å². The first kappa shape index (κ1) is 183. The molecule has 0 spiro atoms. The number of hydrogen-bond donors (Lipinski definition) is 0. The molecule has 0 aliphatic heterocycles. The fourth-order valence-corrected chi connectivity index (χ4v) is 0. The van der Waals surface area contributed by atoms with Crippen LogP contribution in [0.5, 0.6) is 0 Å². The van der Waals surface area contributed by atoms with E-state index in [-0.39, 0.29) is 79.6 Å². The normalized spacial score (nSPS) is 0. The molecular weight excluding hydrogens is 175 g/mol. The Bertz CT molecular complexity index is 11.7. The molecular formula is FeLiO4Ti. The molecule has 0 aromatic heterocycles. The third-order valence-corrected chi connectivity index (χ3v) is 0. The van der Waals surface area contributed by atoms with Gasteiger partial charge in [0.25, 0.3) is 0 Å². The van der Waals surface area contributed by atoms with Crippen molar-refractivity contribution >= 4 is 0 Å². The molecule has 1 radical (unpaired) electrons. The predicted octanol–water partition coefficient (Wildman–Crippen LogP) is -3.48. The first-order valence-corrected chi connectivity index (χ1v) is 0. The Morgan fingerprint density at radius 2 is 0.571 bits per heavy atom. The van der Waals surface area contributed by atoms with Gasteiger partial charge in [0.05, 0.1) is 0 Å². The van der Waals surface area contributed by atoms with Gasteiger partial charge in [-0.25, -0.2) is 0 Å². The number of hydrogen-bond acceptors (Lipinski definition) is 0. The molecule has 0 unspecified atom stereocenters. The van der Waals surface area contributed by atoms with E-state index < -0.39 is 0 Å². The van der Waals surface area contributed by atoms with E-state index in [0.29, 0.717) is 0 Å². The molecule has 0 saturated heterocycles. The Kier molecular flexibility index (Phi) is 3190. The van der Waals surface area contributed by atoms with E-state index in [9.17, 15) is 0 Å². The minimum absolute atomic E-state index is 0. The van der Waals surface area contributed by atoms with Gasteiger partial charge in [-0.05, 0) is 0 Å². The summed E-state index contributed by atoms with van der Waals surface area (Å²) < 4.78 is 0. The van der Waals surface area contributed by atoms with E-state index in [0.717, 1.165) is 0 Å². The maximum Gasteiger partial charge on any atom is 4.00 e. The zero-order chi connectivity index (χ0) is 0. The molecule has 0 amide bonds. The van der Waals surface area contributed by atoms with Crippen molar-refractivity contribution in [3.8, 4) is 0 Å². The molecule has 0 aliphatic carbocycles. The van der Waals surface area contributed by atoms with Gasteiger partial charge in [-0.3, -0.25) is 0 Å². The van der Waals surface area contributed by atoms with Crippen molar-refractivity contribution in [1.29, 1.82) is 0 Å². The van der Waals surface area contributed by atoms with Crippen molar-refractivity contribution in [2.75, 3.05) is 0 Å². The van der Waals surface area contributed by atoms with Crippen LogP contribution in [0.3, 0.4) is 0 Å². The smallest absolute Gasteiger partial charge is 2.00 e. The van der Waals surface area contributed by atoms with Crippen LogP contribution in [0.2, 0.25) is 0 Å². The molecule has 0 heterocycles. The van der Waals surface area contributed by atoms with Gasteiger partial charge in [-0.2, -0.15) is 0 Å². The van der Waals surface area contributed by atoms with Crippen LogP contribution in [0.4, 0.5) is 0 Å². The summed E-state index contributed by atoms with van der Waals surface area (Å²) in [6.07, 6.45) is 0. The van der Waals surface area contributed by atoms with Gasteiger partial charge in [0, 0.05) is 0 Å². The summed E-state index contributed by atoms with van der Waals surface area (Å²) >= 11 is 0. The first-order valence-electron chi connectivity index (χ1n) is 0. The maximum absolute atomic E-state index is 0. The van der Waals surface area contributed by atoms with Crippen LogP contribution in [0.25, 0.3) is 0 Å². The van der Waals surface area contributed by atoms with Gasteiger partial charge >= 0.3 is 57.6 Å². The van der Waals surface area contributed by atoms with Crippen molar-refractivity contribution in [3.05, 3.63) is 0 Å². The molecule has 0 aromatic rings. The SMILES string of the molecule is [Fe+3].[Li+].[O-2].[O-2].[O-2].[O-2].[Ti+4]. The Hall–Kier alpha value is 1.67. The van der Waals surface area contributed by atoms with Gasteiger partial charge in [0.1, 0.15) is 0 Å². The zero-order valence-electron chi connectivity index (χ0n) is 3.49. The van der Waals surface area contributed by atoms with Gasteiger partial charge in [-0.1, -0.05) is 0 Å². The predicted molar refractivity (Wildman–Crippen MR) is 2.75 cm³/mol. The Morgan fingerprint density at radius 1 is 0.571 bits per heavy atom. The van der Waals surface area contributed by atoms with Crippen LogP contribution in [0, 0.1) is 0 Å². The zero-order valence-corrected chi connectivity index (χ0v) is 6.15. The molecule has 37 valence electrons. The standard InChI is InChI=1S/Fe.Li.4O.Ti/q+3;+1;4*-2;+4. The first-order chi connectivity index (χ1) is 0. The van der Waals surface area contributed by atoms with Gasteiger partial charge in [0.15, 0.2) is 0 Å². The summed E-state index contributed by atoms with van der Waals surface area (Å²) in [5, 5.41) is 0. The van der Waals surface area contributed by atoms with Crippen LogP contribution in [0.1, 0.15) is 0 Å². The van der Waals surface area contributed by atoms with Crippen molar-refractivity contribution in [2.45, 2.75) is 0 Å². The minimum Gasteiger partial charge on any atom is -2.00 e. The maximum atomic E-state index is 0. The van der Waals surface area contributed by atoms with E-state index in [4.69, 9.17) is 0 Å². The second kappa shape index (κ2) is 122. The van der Waals surface area contributed by atoms with E-state index in [1.807, 2.05) is 0 Å². The van der Waals surface area contributed by atoms with Crippen LogP contribution >= 0.6 is 0 Å². The van der Waals surface area contributed by atoms with Crippen molar-refractivity contribution < 1.29 is 79.6 Å². The molecule has 0 bridgehead atoms. The Balaban J connectivity index is 0. The fraction of sp³-hybridized carbons (Fsp3) is 0. The van der Waals surface area contributed by atoms with Gasteiger partial charge in [0.2, 0.25) is 0 Å². The summed E-state index contributed by atoms with van der Waals surface area (Å²) in [6, 6.07) is 0. The minimum atomic E-state index is 0. The summed E-state index contributed by atoms with van der Waals surface area (Å²) in [6.45, 7) is 0. The summed E-state index contributed by atoms with van der Waals surface area (Å²) in [5.41, 5.74) is 0. The monoisotopic (exact) mass is 175 g/mol. The quantitative estimate of drug-likeness (QED) is 0.340. The van der Waals surface area contributed by atoms with E-state index in [2.05, 4.69) is 0 Å². The summed E-state index contributed by atoms with van der Waals surface area (Å²) in [5.74, 6) is 0. The molecule has 7 heavy (non-hydrogen) atoms. The molecule has 0 N–H and O–H groups in total. The molecule has 0 aromatic carbocycles. The van der Waals surface area contributed by atoms with E-state index in [1.54, 1.807) is 0 Å². The number of rotatable bonds is 0. The molecule has 0 saturated carbocycles. The van der Waals surface area contributed by atoms with Crippen molar-refractivity contribution in [3.63, 3.8) is 0 Å². The average Bonchev–Trinajstić information content (AvgIpc) is 0.